The van der Waals surface area contributed by atoms with Gasteiger partial charge in [-0.2, -0.15) is 5.10 Å². The zero-order valence-corrected chi connectivity index (χ0v) is 11.5. The minimum atomic E-state index is 0.784. The van der Waals surface area contributed by atoms with E-state index in [1.165, 1.54) is 19.3 Å². The van der Waals surface area contributed by atoms with E-state index in [1.54, 1.807) is 0 Å². The summed E-state index contributed by atoms with van der Waals surface area (Å²) >= 11 is 0. The van der Waals surface area contributed by atoms with Crippen LogP contribution in [0, 0.1) is 13.8 Å². The van der Waals surface area contributed by atoms with Crippen molar-refractivity contribution in [3.63, 3.8) is 0 Å². The highest BCUT2D eigenvalue weighted by Gasteiger charge is 2.13. The Bertz CT molecular complexity index is 552. The van der Waals surface area contributed by atoms with Gasteiger partial charge in [-0.1, -0.05) is 0 Å². The lowest BCUT2D eigenvalue weighted by atomic mass is 10.1. The first-order valence-corrected chi connectivity index (χ1v) is 6.86. The van der Waals surface area contributed by atoms with Gasteiger partial charge in [0.2, 0.25) is 0 Å². The molecule has 3 heterocycles. The predicted octanol–water partition coefficient (Wildman–Crippen LogP) is 2.27. The van der Waals surface area contributed by atoms with Crippen LogP contribution in [0.2, 0.25) is 0 Å². The zero-order chi connectivity index (χ0) is 13.2. The van der Waals surface area contributed by atoms with Crippen molar-refractivity contribution < 1.29 is 0 Å². The second-order valence-corrected chi connectivity index (χ2v) is 5.14. The molecule has 2 aromatic heterocycles. The molecular weight excluding hydrogens is 238 g/mol. The number of hydrogen-bond donors (Lipinski definition) is 0. The minimum Gasteiger partial charge on any atom is -0.355 e. The molecule has 2 aromatic rings. The van der Waals surface area contributed by atoms with E-state index < -0.39 is 0 Å². The molecule has 1 fully saturated rings. The van der Waals surface area contributed by atoms with E-state index in [2.05, 4.69) is 20.2 Å². The summed E-state index contributed by atoms with van der Waals surface area (Å²) in [7, 11) is 0. The van der Waals surface area contributed by atoms with Gasteiger partial charge < -0.3 is 4.90 Å². The van der Waals surface area contributed by atoms with Crippen molar-refractivity contribution in [2.24, 2.45) is 0 Å². The summed E-state index contributed by atoms with van der Waals surface area (Å²) in [5, 5.41) is 13.1. The van der Waals surface area contributed by atoms with Crippen LogP contribution in [-0.4, -0.2) is 33.1 Å². The smallest absolute Gasteiger partial charge is 0.176 e. The minimum absolute atomic E-state index is 0.784. The maximum absolute atomic E-state index is 4.42. The molecule has 0 spiro atoms. The molecule has 0 radical (unpaired) electrons. The molecule has 0 bridgehead atoms. The van der Waals surface area contributed by atoms with Crippen LogP contribution in [0.4, 0.5) is 5.82 Å². The Morgan fingerprint density at radius 2 is 1.63 bits per heavy atom. The van der Waals surface area contributed by atoms with E-state index >= 15 is 0 Å². The molecule has 1 aliphatic rings. The van der Waals surface area contributed by atoms with Gasteiger partial charge in [-0.05, 0) is 51.3 Å². The van der Waals surface area contributed by atoms with Crippen molar-refractivity contribution in [1.29, 1.82) is 0 Å². The van der Waals surface area contributed by atoms with E-state index in [-0.39, 0.29) is 0 Å². The van der Waals surface area contributed by atoms with Gasteiger partial charge in [-0.3, -0.25) is 0 Å². The predicted molar refractivity (Wildman–Crippen MR) is 74.7 cm³/mol. The maximum Gasteiger partial charge on any atom is 0.176 e. The Morgan fingerprint density at radius 1 is 0.947 bits per heavy atom. The molecule has 100 valence electrons. The fourth-order valence-electron chi connectivity index (χ4n) is 2.58. The summed E-state index contributed by atoms with van der Waals surface area (Å²) in [4.78, 5) is 2.31. The molecule has 0 aromatic carbocycles. The summed E-state index contributed by atoms with van der Waals surface area (Å²) in [6.45, 7) is 6.20. The average Bonchev–Trinajstić information content (AvgIpc) is 2.79. The van der Waals surface area contributed by atoms with Crippen molar-refractivity contribution in [1.82, 2.24) is 20.0 Å². The molecule has 5 nitrogen and oxygen atoms in total. The Kier molecular flexibility index (Phi) is 3.19. The first-order chi connectivity index (χ1) is 9.24. The lowest BCUT2D eigenvalue weighted by molar-refractivity contribution is 0.570. The monoisotopic (exact) mass is 257 g/mol. The van der Waals surface area contributed by atoms with Crippen LogP contribution in [0.3, 0.4) is 0 Å². The molecule has 0 atom stereocenters. The third-order valence-corrected chi connectivity index (χ3v) is 3.54. The SMILES string of the molecule is Cc1cc(C)n(-c2ccc(N3CCCCC3)nn2)n1. The maximum atomic E-state index is 4.42. The van der Waals surface area contributed by atoms with Crippen LogP contribution in [0.25, 0.3) is 5.82 Å². The van der Waals surface area contributed by atoms with Crippen molar-refractivity contribution >= 4 is 5.82 Å². The second-order valence-electron chi connectivity index (χ2n) is 5.14. The van der Waals surface area contributed by atoms with Gasteiger partial charge in [0.15, 0.2) is 11.6 Å². The van der Waals surface area contributed by atoms with Gasteiger partial charge in [-0.15, -0.1) is 10.2 Å². The molecular formula is C14H19N5. The third-order valence-electron chi connectivity index (χ3n) is 3.54. The highest BCUT2D eigenvalue weighted by atomic mass is 15.4. The molecule has 0 aliphatic carbocycles. The molecule has 0 unspecified atom stereocenters. The number of hydrogen-bond acceptors (Lipinski definition) is 4. The summed E-state index contributed by atoms with van der Waals surface area (Å²) < 4.78 is 1.84. The first kappa shape index (κ1) is 12.1. The topological polar surface area (TPSA) is 46.8 Å². The Hall–Kier alpha value is -1.91. The Morgan fingerprint density at radius 3 is 2.21 bits per heavy atom. The highest BCUT2D eigenvalue weighted by molar-refractivity contribution is 5.40. The fourth-order valence-corrected chi connectivity index (χ4v) is 2.58. The van der Waals surface area contributed by atoms with Gasteiger partial charge >= 0.3 is 0 Å². The molecule has 0 N–H and O–H groups in total. The normalized spacial score (nSPS) is 15.8. The second kappa shape index (κ2) is 4.99. The number of aromatic nitrogens is 4. The summed E-state index contributed by atoms with van der Waals surface area (Å²) in [6.07, 6.45) is 3.83. The van der Waals surface area contributed by atoms with Crippen LogP contribution in [0.5, 0.6) is 0 Å². The Balaban J connectivity index is 1.84. The van der Waals surface area contributed by atoms with Crippen molar-refractivity contribution in [3.8, 4) is 5.82 Å². The molecule has 19 heavy (non-hydrogen) atoms. The van der Waals surface area contributed by atoms with E-state index in [4.69, 9.17) is 0 Å². The third kappa shape index (κ3) is 2.45. The molecule has 5 heteroatoms. The van der Waals surface area contributed by atoms with Gasteiger partial charge in [0.25, 0.3) is 0 Å². The number of piperidine rings is 1. The molecule has 0 saturated carbocycles. The van der Waals surface area contributed by atoms with Crippen molar-refractivity contribution in [2.45, 2.75) is 33.1 Å². The quantitative estimate of drug-likeness (QED) is 0.828. The van der Waals surface area contributed by atoms with Crippen LogP contribution in [-0.2, 0) is 0 Å². The van der Waals surface area contributed by atoms with Crippen molar-refractivity contribution in [2.75, 3.05) is 18.0 Å². The summed E-state index contributed by atoms with van der Waals surface area (Å²) in [6, 6.07) is 6.08. The summed E-state index contributed by atoms with van der Waals surface area (Å²) in [5.74, 6) is 1.76. The van der Waals surface area contributed by atoms with Gasteiger partial charge in [-0.25, -0.2) is 4.68 Å². The van der Waals surface area contributed by atoms with Crippen molar-refractivity contribution in [3.05, 3.63) is 29.6 Å². The Labute approximate surface area is 113 Å². The van der Waals surface area contributed by atoms with Crippen LogP contribution in [0.1, 0.15) is 30.7 Å². The van der Waals surface area contributed by atoms with E-state index in [9.17, 15) is 0 Å². The highest BCUT2D eigenvalue weighted by Crippen LogP contribution is 2.17. The molecule has 1 saturated heterocycles. The fraction of sp³-hybridized carbons (Fsp3) is 0.500. The first-order valence-electron chi connectivity index (χ1n) is 6.86. The number of aryl methyl sites for hydroxylation is 2. The number of nitrogens with zero attached hydrogens (tertiary/aromatic N) is 5. The lowest BCUT2D eigenvalue weighted by Crippen LogP contribution is -2.30. The number of rotatable bonds is 2. The zero-order valence-electron chi connectivity index (χ0n) is 11.5. The van der Waals surface area contributed by atoms with Gasteiger partial charge in [0, 0.05) is 18.8 Å². The number of anilines is 1. The van der Waals surface area contributed by atoms with Gasteiger partial charge in [0.1, 0.15) is 0 Å². The average molecular weight is 257 g/mol. The van der Waals surface area contributed by atoms with Crippen LogP contribution < -0.4 is 4.90 Å². The van der Waals surface area contributed by atoms with Gasteiger partial charge in [0.05, 0.1) is 5.69 Å². The standard InChI is InChI=1S/C14H19N5/c1-11-10-12(2)19(17-11)14-7-6-13(15-16-14)18-8-4-3-5-9-18/h6-7,10H,3-5,8-9H2,1-2H3. The molecule has 3 rings (SSSR count). The van der Waals surface area contributed by atoms with E-state index in [0.717, 1.165) is 36.1 Å². The lowest BCUT2D eigenvalue weighted by Gasteiger charge is -2.27. The van der Waals surface area contributed by atoms with Crippen LogP contribution in [0.15, 0.2) is 18.2 Å². The molecule has 1 aliphatic heterocycles. The summed E-state index contributed by atoms with van der Waals surface area (Å²) in [5.41, 5.74) is 2.08. The van der Waals surface area contributed by atoms with E-state index in [0.29, 0.717) is 0 Å². The molecule has 0 amide bonds. The van der Waals surface area contributed by atoms with E-state index in [1.807, 2.05) is 36.7 Å². The van der Waals surface area contributed by atoms with Crippen LogP contribution >= 0.6 is 0 Å². The largest absolute Gasteiger partial charge is 0.355 e.